The number of ether oxygens (including phenoxy) is 1. The molecule has 118 valence electrons. The Kier molecular flexibility index (Phi) is 5.24. The van der Waals surface area contributed by atoms with Gasteiger partial charge in [-0.05, 0) is 31.4 Å². The van der Waals surface area contributed by atoms with Crippen LogP contribution in [0, 0.1) is 0 Å². The van der Waals surface area contributed by atoms with Gasteiger partial charge in [-0.1, -0.05) is 31.9 Å². The van der Waals surface area contributed by atoms with Crippen LogP contribution in [0.25, 0.3) is 0 Å². The molecule has 0 bridgehead atoms. The SMILES string of the molecule is CCCNS(=O)(=O)c1ccccc1OCC1(N)CCCC1. The van der Waals surface area contributed by atoms with Gasteiger partial charge in [0.25, 0.3) is 0 Å². The predicted molar refractivity (Wildman–Crippen MR) is 82.8 cm³/mol. The Morgan fingerprint density at radius 3 is 2.62 bits per heavy atom. The summed E-state index contributed by atoms with van der Waals surface area (Å²) in [5.74, 6) is 0.373. The maximum Gasteiger partial charge on any atom is 0.244 e. The molecule has 0 saturated heterocycles. The minimum atomic E-state index is -3.53. The zero-order valence-corrected chi connectivity index (χ0v) is 13.3. The standard InChI is InChI=1S/C15H24N2O3S/c1-2-11-17-21(18,19)14-8-4-3-7-13(14)20-12-15(16)9-5-6-10-15/h3-4,7-8,17H,2,5-6,9-12,16H2,1H3. The van der Waals surface area contributed by atoms with Crippen molar-refractivity contribution in [2.24, 2.45) is 5.73 Å². The molecule has 1 fully saturated rings. The summed E-state index contributed by atoms with van der Waals surface area (Å²) < 4.78 is 32.8. The molecule has 1 aromatic rings. The van der Waals surface area contributed by atoms with Gasteiger partial charge in [-0.2, -0.15) is 0 Å². The fraction of sp³-hybridized carbons (Fsp3) is 0.600. The van der Waals surface area contributed by atoms with E-state index < -0.39 is 10.0 Å². The van der Waals surface area contributed by atoms with Crippen molar-refractivity contribution in [1.29, 1.82) is 0 Å². The second-order valence-electron chi connectivity index (χ2n) is 5.70. The molecule has 1 saturated carbocycles. The number of nitrogens with one attached hydrogen (secondary N) is 1. The molecule has 0 aromatic heterocycles. The highest BCUT2D eigenvalue weighted by atomic mass is 32.2. The van der Waals surface area contributed by atoms with Gasteiger partial charge in [-0.3, -0.25) is 0 Å². The van der Waals surface area contributed by atoms with Gasteiger partial charge in [0, 0.05) is 6.54 Å². The Balaban J connectivity index is 2.13. The highest BCUT2D eigenvalue weighted by molar-refractivity contribution is 7.89. The largest absolute Gasteiger partial charge is 0.490 e. The normalized spacial score (nSPS) is 17.8. The van der Waals surface area contributed by atoms with Gasteiger partial charge in [0.1, 0.15) is 17.3 Å². The Bertz CT molecular complexity index is 566. The summed E-state index contributed by atoms with van der Waals surface area (Å²) in [4.78, 5) is 0.181. The topological polar surface area (TPSA) is 81.4 Å². The summed E-state index contributed by atoms with van der Waals surface area (Å²) in [5.41, 5.74) is 5.93. The average molecular weight is 312 g/mol. The quantitative estimate of drug-likeness (QED) is 0.807. The lowest BCUT2D eigenvalue weighted by Crippen LogP contribution is -2.42. The van der Waals surface area contributed by atoms with Crippen molar-refractivity contribution in [3.63, 3.8) is 0 Å². The van der Waals surface area contributed by atoms with Crippen LogP contribution < -0.4 is 15.2 Å². The molecule has 6 heteroatoms. The maximum absolute atomic E-state index is 12.3. The predicted octanol–water partition coefficient (Wildman–Crippen LogP) is 2.03. The molecule has 0 heterocycles. The Labute approximate surface area is 126 Å². The molecule has 2 rings (SSSR count). The van der Waals surface area contributed by atoms with Gasteiger partial charge in [0.15, 0.2) is 0 Å². The van der Waals surface area contributed by atoms with E-state index in [9.17, 15) is 8.42 Å². The number of hydrogen-bond acceptors (Lipinski definition) is 4. The van der Waals surface area contributed by atoms with Crippen LogP contribution in [0.4, 0.5) is 0 Å². The second kappa shape index (κ2) is 6.77. The monoisotopic (exact) mass is 312 g/mol. The van der Waals surface area contributed by atoms with Crippen molar-refractivity contribution < 1.29 is 13.2 Å². The van der Waals surface area contributed by atoms with Crippen LogP contribution in [0.1, 0.15) is 39.0 Å². The fourth-order valence-electron chi connectivity index (χ4n) is 2.55. The lowest BCUT2D eigenvalue weighted by atomic mass is 10.0. The summed E-state index contributed by atoms with van der Waals surface area (Å²) in [6.45, 7) is 2.69. The summed E-state index contributed by atoms with van der Waals surface area (Å²) in [6, 6.07) is 6.71. The first-order valence-corrected chi connectivity index (χ1v) is 8.95. The van der Waals surface area contributed by atoms with Crippen molar-refractivity contribution in [1.82, 2.24) is 4.72 Å². The van der Waals surface area contributed by atoms with Gasteiger partial charge in [0.05, 0.1) is 5.54 Å². The van der Waals surface area contributed by atoms with Crippen molar-refractivity contribution in [2.75, 3.05) is 13.2 Å². The lowest BCUT2D eigenvalue weighted by molar-refractivity contribution is 0.216. The van der Waals surface area contributed by atoms with E-state index in [-0.39, 0.29) is 10.4 Å². The van der Waals surface area contributed by atoms with Gasteiger partial charge in [-0.15, -0.1) is 0 Å². The molecule has 0 radical (unpaired) electrons. The second-order valence-corrected chi connectivity index (χ2v) is 7.44. The minimum absolute atomic E-state index is 0.181. The average Bonchev–Trinajstić information content (AvgIpc) is 2.91. The molecule has 21 heavy (non-hydrogen) atoms. The molecule has 1 aliphatic carbocycles. The van der Waals surface area contributed by atoms with Gasteiger partial charge >= 0.3 is 0 Å². The summed E-state index contributed by atoms with van der Waals surface area (Å²) in [7, 11) is -3.53. The molecular formula is C15H24N2O3S. The van der Waals surface area contributed by atoms with E-state index in [1.165, 1.54) is 0 Å². The van der Waals surface area contributed by atoms with Crippen molar-refractivity contribution in [3.05, 3.63) is 24.3 Å². The number of rotatable bonds is 7. The third kappa shape index (κ3) is 4.18. The summed E-state index contributed by atoms with van der Waals surface area (Å²) >= 11 is 0. The number of hydrogen-bond donors (Lipinski definition) is 2. The highest BCUT2D eigenvalue weighted by Gasteiger charge is 2.31. The smallest absolute Gasteiger partial charge is 0.244 e. The number of sulfonamides is 1. The Morgan fingerprint density at radius 1 is 1.29 bits per heavy atom. The fourth-order valence-corrected chi connectivity index (χ4v) is 3.83. The molecule has 0 amide bonds. The first kappa shape index (κ1) is 16.3. The van der Waals surface area contributed by atoms with Crippen LogP contribution in [0.15, 0.2) is 29.2 Å². The molecule has 0 atom stereocenters. The third-order valence-electron chi connectivity index (χ3n) is 3.80. The van der Waals surface area contributed by atoms with E-state index in [1.807, 2.05) is 6.92 Å². The van der Waals surface area contributed by atoms with Gasteiger partial charge < -0.3 is 10.5 Å². The zero-order chi connectivity index (χ0) is 15.3. The number of benzene rings is 1. The number of nitrogens with two attached hydrogens (primary N) is 1. The maximum atomic E-state index is 12.3. The molecule has 0 spiro atoms. The molecule has 1 aromatic carbocycles. The Morgan fingerprint density at radius 2 is 1.95 bits per heavy atom. The van der Waals surface area contributed by atoms with Gasteiger partial charge in [0.2, 0.25) is 10.0 Å². The minimum Gasteiger partial charge on any atom is -0.490 e. The van der Waals surface area contributed by atoms with E-state index in [0.29, 0.717) is 18.9 Å². The molecular weight excluding hydrogens is 288 g/mol. The van der Waals surface area contributed by atoms with Crippen LogP contribution in [-0.2, 0) is 10.0 Å². The highest BCUT2D eigenvalue weighted by Crippen LogP contribution is 2.29. The molecule has 5 nitrogen and oxygen atoms in total. The van der Waals surface area contributed by atoms with E-state index in [4.69, 9.17) is 10.5 Å². The van der Waals surface area contributed by atoms with Crippen molar-refractivity contribution in [3.8, 4) is 5.75 Å². The zero-order valence-electron chi connectivity index (χ0n) is 12.5. The molecule has 0 aliphatic heterocycles. The van der Waals surface area contributed by atoms with E-state index >= 15 is 0 Å². The van der Waals surface area contributed by atoms with Gasteiger partial charge in [-0.25, -0.2) is 13.1 Å². The summed E-state index contributed by atoms with van der Waals surface area (Å²) in [5, 5.41) is 0. The summed E-state index contributed by atoms with van der Waals surface area (Å²) in [6.07, 6.45) is 4.82. The van der Waals surface area contributed by atoms with E-state index in [1.54, 1.807) is 24.3 Å². The van der Waals surface area contributed by atoms with Crippen LogP contribution in [-0.4, -0.2) is 27.1 Å². The number of para-hydroxylation sites is 1. The molecule has 1 aliphatic rings. The first-order chi connectivity index (χ1) is 9.97. The van der Waals surface area contributed by atoms with Crippen LogP contribution >= 0.6 is 0 Å². The lowest BCUT2D eigenvalue weighted by Gasteiger charge is -2.24. The molecule has 3 N–H and O–H groups in total. The van der Waals surface area contributed by atoms with Crippen LogP contribution in [0.5, 0.6) is 5.75 Å². The van der Waals surface area contributed by atoms with E-state index in [2.05, 4.69) is 4.72 Å². The first-order valence-electron chi connectivity index (χ1n) is 7.47. The van der Waals surface area contributed by atoms with Crippen molar-refractivity contribution in [2.45, 2.75) is 49.5 Å². The van der Waals surface area contributed by atoms with Crippen molar-refractivity contribution >= 4 is 10.0 Å². The van der Waals surface area contributed by atoms with Crippen LogP contribution in [0.2, 0.25) is 0 Å². The third-order valence-corrected chi connectivity index (χ3v) is 5.30. The molecule has 0 unspecified atom stereocenters. The van der Waals surface area contributed by atoms with E-state index in [0.717, 1.165) is 32.1 Å². The van der Waals surface area contributed by atoms with Crippen LogP contribution in [0.3, 0.4) is 0 Å². The Hall–Kier alpha value is -1.11.